The largest absolute Gasteiger partial charge is 0.451 e. The highest BCUT2D eigenvalue weighted by molar-refractivity contribution is 6.03. The molecule has 0 aliphatic rings. The molecule has 114 valence electrons. The minimum atomic E-state index is -0.659. The highest BCUT2D eigenvalue weighted by atomic mass is 16.6. The summed E-state index contributed by atoms with van der Waals surface area (Å²) in [5, 5.41) is 13.6. The van der Waals surface area contributed by atoms with Crippen LogP contribution in [0, 0.1) is 10.1 Å². The van der Waals surface area contributed by atoms with Gasteiger partial charge in [-0.25, -0.2) is 0 Å². The van der Waals surface area contributed by atoms with Crippen molar-refractivity contribution in [3.05, 3.63) is 80.7 Å². The summed E-state index contributed by atoms with van der Waals surface area (Å²) in [5.74, 6) is -0.825. The van der Waals surface area contributed by atoms with Crippen molar-refractivity contribution in [3.63, 3.8) is 0 Å². The van der Waals surface area contributed by atoms with Crippen LogP contribution in [0.5, 0.6) is 0 Å². The van der Waals surface area contributed by atoms with Crippen LogP contribution < -0.4 is 10.7 Å². The zero-order chi connectivity index (χ0) is 16.4. The van der Waals surface area contributed by atoms with Crippen molar-refractivity contribution in [2.75, 3.05) is 5.32 Å². The molecule has 0 atom stereocenters. The van der Waals surface area contributed by atoms with Crippen LogP contribution in [0.2, 0.25) is 0 Å². The van der Waals surface area contributed by atoms with Crippen molar-refractivity contribution >= 4 is 28.3 Å². The summed E-state index contributed by atoms with van der Waals surface area (Å²) in [7, 11) is 0. The second-order valence-electron chi connectivity index (χ2n) is 4.73. The maximum absolute atomic E-state index is 12.2. The van der Waals surface area contributed by atoms with Crippen molar-refractivity contribution in [1.29, 1.82) is 0 Å². The fourth-order valence-electron chi connectivity index (χ4n) is 2.11. The molecule has 2 aromatic carbocycles. The Morgan fingerprint density at radius 1 is 1.09 bits per heavy atom. The Morgan fingerprint density at radius 3 is 2.65 bits per heavy atom. The average molecular weight is 310 g/mol. The molecular formula is C16H10N2O5. The van der Waals surface area contributed by atoms with Crippen molar-refractivity contribution in [2.45, 2.75) is 0 Å². The van der Waals surface area contributed by atoms with Crippen LogP contribution in [0.1, 0.15) is 10.6 Å². The highest BCUT2D eigenvalue weighted by Gasteiger charge is 2.14. The van der Waals surface area contributed by atoms with Crippen LogP contribution in [0.15, 0.2) is 63.8 Å². The standard InChI is InChI=1S/C16H10N2O5/c19-13-9-15(23-14-7-2-1-6-12(13)14)16(20)17-10-4-3-5-11(8-10)18(21)22/h1-9H,(H,17,20). The minimum absolute atomic E-state index is 0.150. The number of para-hydroxylation sites is 1. The van der Waals surface area contributed by atoms with Crippen LogP contribution in [-0.2, 0) is 0 Å². The van der Waals surface area contributed by atoms with E-state index < -0.39 is 10.8 Å². The van der Waals surface area contributed by atoms with Gasteiger partial charge < -0.3 is 9.73 Å². The lowest BCUT2D eigenvalue weighted by Crippen LogP contribution is -2.15. The number of rotatable bonds is 3. The van der Waals surface area contributed by atoms with Gasteiger partial charge in [0.1, 0.15) is 5.58 Å². The summed E-state index contributed by atoms with van der Waals surface area (Å²) >= 11 is 0. The van der Waals surface area contributed by atoms with E-state index in [-0.39, 0.29) is 22.6 Å². The van der Waals surface area contributed by atoms with Gasteiger partial charge in [-0.3, -0.25) is 19.7 Å². The summed E-state index contributed by atoms with van der Waals surface area (Å²) in [6, 6.07) is 13.1. The summed E-state index contributed by atoms with van der Waals surface area (Å²) in [5.41, 5.74) is 0.0445. The number of nitro groups is 1. The first-order valence-electron chi connectivity index (χ1n) is 6.63. The van der Waals surface area contributed by atoms with Crippen LogP contribution in [0.4, 0.5) is 11.4 Å². The molecule has 0 fully saturated rings. The van der Waals surface area contributed by atoms with E-state index in [0.29, 0.717) is 11.0 Å². The number of non-ortho nitro benzene ring substituents is 1. The highest BCUT2D eigenvalue weighted by Crippen LogP contribution is 2.18. The lowest BCUT2D eigenvalue weighted by Gasteiger charge is -2.05. The molecule has 0 spiro atoms. The topological polar surface area (TPSA) is 102 Å². The number of hydrogen-bond acceptors (Lipinski definition) is 5. The molecule has 3 aromatic rings. The number of nitrogens with zero attached hydrogens (tertiary/aromatic N) is 1. The van der Waals surface area contributed by atoms with E-state index in [2.05, 4.69) is 5.32 Å². The van der Waals surface area contributed by atoms with Gasteiger partial charge in [0.25, 0.3) is 11.6 Å². The number of fused-ring (bicyclic) bond motifs is 1. The maximum Gasteiger partial charge on any atom is 0.291 e. The van der Waals surface area contributed by atoms with Crippen LogP contribution >= 0.6 is 0 Å². The fourth-order valence-corrected chi connectivity index (χ4v) is 2.11. The predicted octanol–water partition coefficient (Wildman–Crippen LogP) is 2.95. The zero-order valence-corrected chi connectivity index (χ0v) is 11.7. The van der Waals surface area contributed by atoms with Crippen molar-refractivity contribution < 1.29 is 14.1 Å². The van der Waals surface area contributed by atoms with Crippen LogP contribution in [-0.4, -0.2) is 10.8 Å². The van der Waals surface area contributed by atoms with Crippen molar-refractivity contribution in [3.8, 4) is 0 Å². The van der Waals surface area contributed by atoms with Gasteiger partial charge in [-0.1, -0.05) is 18.2 Å². The van der Waals surface area contributed by atoms with E-state index in [1.807, 2.05) is 0 Å². The van der Waals surface area contributed by atoms with E-state index in [1.54, 1.807) is 24.3 Å². The monoisotopic (exact) mass is 310 g/mol. The molecular weight excluding hydrogens is 300 g/mol. The average Bonchev–Trinajstić information content (AvgIpc) is 2.55. The van der Waals surface area contributed by atoms with Gasteiger partial charge in [-0.05, 0) is 18.2 Å². The number of nitro benzene ring substituents is 1. The Morgan fingerprint density at radius 2 is 1.87 bits per heavy atom. The third kappa shape index (κ3) is 2.93. The number of amides is 1. The molecule has 1 N–H and O–H groups in total. The third-order valence-corrected chi connectivity index (χ3v) is 3.17. The number of carbonyl (C=O) groups is 1. The van der Waals surface area contributed by atoms with Gasteiger partial charge in [0.05, 0.1) is 10.3 Å². The first kappa shape index (κ1) is 14.5. The van der Waals surface area contributed by atoms with Gasteiger partial charge in [0.15, 0.2) is 11.2 Å². The summed E-state index contributed by atoms with van der Waals surface area (Å²) in [6.07, 6.45) is 0. The number of benzene rings is 2. The Bertz CT molecular complexity index is 977. The molecule has 0 bridgehead atoms. The van der Waals surface area contributed by atoms with Gasteiger partial charge in [0.2, 0.25) is 0 Å². The van der Waals surface area contributed by atoms with Crippen molar-refractivity contribution in [2.24, 2.45) is 0 Å². The molecule has 7 nitrogen and oxygen atoms in total. The summed E-state index contributed by atoms with van der Waals surface area (Å²) < 4.78 is 5.41. The number of hydrogen-bond donors (Lipinski definition) is 1. The Kier molecular flexibility index (Phi) is 3.60. The Balaban J connectivity index is 1.93. The number of anilines is 1. The van der Waals surface area contributed by atoms with Gasteiger partial charge >= 0.3 is 0 Å². The first-order chi connectivity index (χ1) is 11.0. The molecule has 0 saturated heterocycles. The van der Waals surface area contributed by atoms with E-state index in [4.69, 9.17) is 4.42 Å². The van der Waals surface area contributed by atoms with E-state index in [0.717, 1.165) is 6.07 Å². The fraction of sp³-hybridized carbons (Fsp3) is 0. The number of carbonyl (C=O) groups excluding carboxylic acids is 1. The van der Waals surface area contributed by atoms with E-state index in [9.17, 15) is 19.7 Å². The molecule has 1 amide bonds. The molecule has 7 heteroatoms. The van der Waals surface area contributed by atoms with E-state index >= 15 is 0 Å². The molecule has 1 heterocycles. The first-order valence-corrected chi connectivity index (χ1v) is 6.63. The van der Waals surface area contributed by atoms with Crippen LogP contribution in [0.3, 0.4) is 0 Å². The molecule has 0 aliphatic carbocycles. The lowest BCUT2D eigenvalue weighted by molar-refractivity contribution is -0.384. The second kappa shape index (κ2) is 5.72. The quantitative estimate of drug-likeness (QED) is 0.592. The predicted molar refractivity (Wildman–Crippen MR) is 83.5 cm³/mol. The molecule has 0 saturated carbocycles. The van der Waals surface area contributed by atoms with E-state index in [1.165, 1.54) is 24.3 Å². The Labute approximate surface area is 129 Å². The Hall–Kier alpha value is -3.48. The molecule has 0 aliphatic heterocycles. The summed E-state index contributed by atoms with van der Waals surface area (Å²) in [6.45, 7) is 0. The molecule has 3 rings (SSSR count). The SMILES string of the molecule is O=C(Nc1cccc([N+](=O)[O-])c1)c1cc(=O)c2ccccc2o1. The lowest BCUT2D eigenvalue weighted by atomic mass is 10.2. The molecule has 0 radical (unpaired) electrons. The van der Waals surface area contributed by atoms with Crippen LogP contribution in [0.25, 0.3) is 11.0 Å². The molecule has 0 unspecified atom stereocenters. The van der Waals surface area contributed by atoms with Crippen molar-refractivity contribution in [1.82, 2.24) is 0 Å². The maximum atomic E-state index is 12.2. The number of nitrogens with one attached hydrogen (secondary N) is 1. The smallest absolute Gasteiger partial charge is 0.291 e. The minimum Gasteiger partial charge on any atom is -0.451 e. The molecule has 1 aromatic heterocycles. The third-order valence-electron chi connectivity index (χ3n) is 3.17. The second-order valence-corrected chi connectivity index (χ2v) is 4.73. The zero-order valence-electron chi connectivity index (χ0n) is 11.7. The summed E-state index contributed by atoms with van der Waals surface area (Å²) in [4.78, 5) is 34.3. The van der Waals surface area contributed by atoms with Gasteiger partial charge in [-0.2, -0.15) is 0 Å². The molecule has 23 heavy (non-hydrogen) atoms. The normalized spacial score (nSPS) is 10.4. The van der Waals surface area contributed by atoms with Gasteiger partial charge in [-0.15, -0.1) is 0 Å². The van der Waals surface area contributed by atoms with Gasteiger partial charge in [0, 0.05) is 23.9 Å².